The Kier molecular flexibility index (Phi) is 3.92. The molecule has 0 radical (unpaired) electrons. The van der Waals surface area contributed by atoms with Crippen LogP contribution in [0, 0.1) is 0 Å². The van der Waals surface area contributed by atoms with Gasteiger partial charge in [-0.2, -0.15) is 0 Å². The fraction of sp³-hybridized carbons (Fsp3) is 0.400. The van der Waals surface area contributed by atoms with Crippen LogP contribution < -0.4 is 0 Å². The molecule has 0 spiro atoms. The van der Waals surface area contributed by atoms with Gasteiger partial charge in [-0.25, -0.2) is 0 Å². The molecule has 0 atom stereocenters. The Bertz CT molecular complexity index is 306. The van der Waals surface area contributed by atoms with Gasteiger partial charge < -0.3 is 0 Å². The third-order valence-electron chi connectivity index (χ3n) is 2.19. The molecule has 4 heteroatoms. The number of hydrogen-bond donors (Lipinski definition) is 0. The fourth-order valence-corrected chi connectivity index (χ4v) is 18.0. The quantitative estimate of drug-likeness (QED) is 0.488. The number of allylic oxidation sites excluding steroid dienone is 4. The van der Waals surface area contributed by atoms with Crippen LogP contribution in [0.2, 0.25) is 0 Å². The molecule has 0 saturated heterocycles. The molecule has 0 aromatic rings. The van der Waals surface area contributed by atoms with Gasteiger partial charge in [0, 0.05) is 0 Å². The van der Waals surface area contributed by atoms with E-state index in [1.807, 2.05) is 6.74 Å². The normalized spacial score (nSPS) is 23.1. The Morgan fingerprint density at radius 1 is 0.786 bits per heavy atom. The van der Waals surface area contributed by atoms with Gasteiger partial charge in [0.2, 0.25) is 0 Å². The average molecular weight is 449 g/mol. The SMILES string of the molecule is CC1=C(C)[Se]C(=C2[Se]C(C)=C(C)[SeH+]2)[Se]1. The van der Waals surface area contributed by atoms with Crippen LogP contribution in [0.1, 0.15) is 27.7 Å². The summed E-state index contributed by atoms with van der Waals surface area (Å²) >= 11 is 2.72. The molecule has 0 nitrogen and oxygen atoms in total. The first kappa shape index (κ1) is 11.8. The van der Waals surface area contributed by atoms with Crippen molar-refractivity contribution in [2.45, 2.75) is 27.7 Å². The standard InChI is InChI=1S/C10H12Se4/c1-5-6(2)12-9(11-5)10-13-7(3)8(4)14-10/h1-4H3/p+1. The molecule has 2 heterocycles. The summed E-state index contributed by atoms with van der Waals surface area (Å²) in [7, 11) is 0. The second kappa shape index (κ2) is 4.66. The zero-order valence-electron chi connectivity index (χ0n) is 8.67. The summed E-state index contributed by atoms with van der Waals surface area (Å²) in [4.78, 5) is 0. The van der Waals surface area contributed by atoms with Crippen molar-refractivity contribution < 1.29 is 0 Å². The van der Waals surface area contributed by atoms with Crippen molar-refractivity contribution in [2.24, 2.45) is 0 Å². The van der Waals surface area contributed by atoms with E-state index in [2.05, 4.69) is 27.7 Å². The fourth-order valence-electron chi connectivity index (χ4n) is 1.09. The summed E-state index contributed by atoms with van der Waals surface area (Å²) in [5.74, 6) is 0. The summed E-state index contributed by atoms with van der Waals surface area (Å²) in [6, 6.07) is 0. The molecule has 0 unspecified atom stereocenters. The van der Waals surface area contributed by atoms with Gasteiger partial charge in [0.25, 0.3) is 0 Å². The maximum atomic E-state index is 2.35. The van der Waals surface area contributed by atoms with Crippen LogP contribution in [0.15, 0.2) is 24.6 Å². The first-order valence-electron chi connectivity index (χ1n) is 4.42. The molecule has 2 aliphatic rings. The van der Waals surface area contributed by atoms with E-state index in [4.69, 9.17) is 0 Å². The summed E-state index contributed by atoms with van der Waals surface area (Å²) < 4.78 is 10.8. The Labute approximate surface area is 111 Å². The molecule has 0 saturated carbocycles. The molecule has 76 valence electrons. The Balaban J connectivity index is 2.17. The van der Waals surface area contributed by atoms with Crippen LogP contribution >= 0.6 is 0 Å². The van der Waals surface area contributed by atoms with Gasteiger partial charge in [-0.3, -0.25) is 0 Å². The second-order valence-corrected chi connectivity index (χ2v) is 16.6. The third-order valence-corrected chi connectivity index (χ3v) is 18.8. The third kappa shape index (κ3) is 2.34. The zero-order chi connectivity index (χ0) is 10.3. The van der Waals surface area contributed by atoms with Gasteiger partial charge in [0.15, 0.2) is 0 Å². The van der Waals surface area contributed by atoms with Crippen molar-refractivity contribution in [3.05, 3.63) is 24.6 Å². The van der Waals surface area contributed by atoms with Crippen molar-refractivity contribution in [1.29, 1.82) is 0 Å². The summed E-state index contributed by atoms with van der Waals surface area (Å²) in [5, 5.41) is 0. The molecule has 0 bridgehead atoms. The zero-order valence-corrected chi connectivity index (χ0v) is 15.7. The molecule has 0 amide bonds. The van der Waals surface area contributed by atoms with E-state index in [1.54, 1.807) is 17.9 Å². The minimum atomic E-state index is 0.460. The van der Waals surface area contributed by atoms with Crippen LogP contribution in [0.4, 0.5) is 0 Å². The molecule has 2 rings (SSSR count). The molecule has 0 N–H and O–H groups in total. The van der Waals surface area contributed by atoms with Gasteiger partial charge in [-0.05, 0) is 0 Å². The van der Waals surface area contributed by atoms with Crippen molar-refractivity contribution in [1.82, 2.24) is 0 Å². The molecular formula is C10H13Se4+. The summed E-state index contributed by atoms with van der Waals surface area (Å²) in [6.07, 6.45) is 0. The van der Waals surface area contributed by atoms with E-state index in [-0.39, 0.29) is 0 Å². The molecule has 2 aliphatic heterocycles. The molecular weight excluding hydrogens is 436 g/mol. The predicted molar refractivity (Wildman–Crippen MR) is 68.2 cm³/mol. The molecule has 0 aromatic carbocycles. The van der Waals surface area contributed by atoms with Gasteiger partial charge in [-0.15, -0.1) is 0 Å². The van der Waals surface area contributed by atoms with Crippen LogP contribution in [0.25, 0.3) is 0 Å². The Morgan fingerprint density at radius 3 is 1.79 bits per heavy atom. The van der Waals surface area contributed by atoms with Crippen LogP contribution in [0.5, 0.6) is 0 Å². The molecule has 0 aromatic heterocycles. The van der Waals surface area contributed by atoms with Crippen LogP contribution in [-0.4, -0.2) is 59.8 Å². The Morgan fingerprint density at radius 2 is 1.36 bits per heavy atom. The van der Waals surface area contributed by atoms with E-state index >= 15 is 0 Å². The van der Waals surface area contributed by atoms with Crippen LogP contribution in [0.3, 0.4) is 0 Å². The van der Waals surface area contributed by atoms with Crippen molar-refractivity contribution in [3.8, 4) is 0 Å². The predicted octanol–water partition coefficient (Wildman–Crippen LogP) is 1.19. The minimum absolute atomic E-state index is 0.460. The number of hydrogen-bond acceptors (Lipinski definition) is 0. The van der Waals surface area contributed by atoms with Gasteiger partial charge >= 0.3 is 112 Å². The second-order valence-electron chi connectivity index (χ2n) is 3.26. The van der Waals surface area contributed by atoms with Crippen LogP contribution in [-0.2, 0) is 0 Å². The molecule has 0 aliphatic carbocycles. The van der Waals surface area contributed by atoms with Crippen molar-refractivity contribution in [2.75, 3.05) is 0 Å². The number of rotatable bonds is 0. The van der Waals surface area contributed by atoms with E-state index < -0.39 is 0 Å². The maximum absolute atomic E-state index is 2.35. The van der Waals surface area contributed by atoms with E-state index in [9.17, 15) is 0 Å². The monoisotopic (exact) mass is 453 g/mol. The van der Waals surface area contributed by atoms with Gasteiger partial charge in [0.05, 0.1) is 0 Å². The summed E-state index contributed by atoms with van der Waals surface area (Å²) in [5.41, 5.74) is 0. The van der Waals surface area contributed by atoms with Gasteiger partial charge in [0.1, 0.15) is 0 Å². The first-order valence-corrected chi connectivity index (χ1v) is 11.4. The first-order chi connectivity index (χ1) is 6.58. The van der Waals surface area contributed by atoms with Crippen molar-refractivity contribution >= 4 is 59.8 Å². The summed E-state index contributed by atoms with van der Waals surface area (Å²) in [6.45, 7) is 9.39. The van der Waals surface area contributed by atoms with E-state index in [1.165, 1.54) is 0 Å². The van der Waals surface area contributed by atoms with E-state index in [0.29, 0.717) is 15.0 Å². The van der Waals surface area contributed by atoms with E-state index in [0.717, 1.165) is 44.9 Å². The molecule has 0 fully saturated rings. The topological polar surface area (TPSA) is 0 Å². The average Bonchev–Trinajstić information content (AvgIpc) is 2.60. The van der Waals surface area contributed by atoms with Gasteiger partial charge in [-0.1, -0.05) is 0 Å². The molecule has 14 heavy (non-hydrogen) atoms. The Hall–Kier alpha value is 1.30. The van der Waals surface area contributed by atoms with Crippen molar-refractivity contribution in [3.63, 3.8) is 0 Å².